The molecule has 0 amide bonds. The van der Waals surface area contributed by atoms with E-state index in [9.17, 15) is 0 Å². The van der Waals surface area contributed by atoms with Gasteiger partial charge in [-0.05, 0) is 25.0 Å². The van der Waals surface area contributed by atoms with Gasteiger partial charge in [-0.3, -0.25) is 0 Å². The number of anilines is 1. The molecule has 2 N–H and O–H groups in total. The van der Waals surface area contributed by atoms with E-state index >= 15 is 0 Å². The van der Waals surface area contributed by atoms with Crippen molar-refractivity contribution in [3.63, 3.8) is 0 Å². The lowest BCUT2D eigenvalue weighted by Crippen LogP contribution is -2.34. The molecule has 3 heteroatoms. The summed E-state index contributed by atoms with van der Waals surface area (Å²) in [5, 5.41) is 0. The highest BCUT2D eigenvalue weighted by atomic mass is 15.2. The van der Waals surface area contributed by atoms with Crippen molar-refractivity contribution in [1.29, 1.82) is 0 Å². The predicted molar refractivity (Wildman–Crippen MR) is 68.7 cm³/mol. The number of guanidine groups is 1. The molecule has 1 aliphatic rings. The molecular formula is C13H19N3. The van der Waals surface area contributed by atoms with Gasteiger partial charge in [-0.1, -0.05) is 31.0 Å². The molecular weight excluding hydrogens is 198 g/mol. The molecule has 1 aliphatic carbocycles. The van der Waals surface area contributed by atoms with E-state index in [2.05, 4.69) is 4.99 Å². The van der Waals surface area contributed by atoms with Crippen LogP contribution in [0, 0.1) is 0 Å². The standard InChI is InChI=1S/C13H19N3/c1-16(12-9-3-2-4-10-12)13(14)15-11-7-5-6-8-11/h2-4,9-11H,5-8H2,1H3,(H2,14,15). The molecule has 86 valence electrons. The molecule has 0 radical (unpaired) electrons. The minimum Gasteiger partial charge on any atom is -0.370 e. The Hall–Kier alpha value is -1.51. The highest BCUT2D eigenvalue weighted by molar-refractivity contribution is 5.94. The Kier molecular flexibility index (Phi) is 3.44. The van der Waals surface area contributed by atoms with Gasteiger partial charge in [0, 0.05) is 12.7 Å². The molecule has 0 spiro atoms. The number of nitrogens with zero attached hydrogens (tertiary/aromatic N) is 2. The first-order valence-electron chi connectivity index (χ1n) is 5.89. The fraction of sp³-hybridized carbons (Fsp3) is 0.462. The summed E-state index contributed by atoms with van der Waals surface area (Å²) in [5.74, 6) is 0.623. The van der Waals surface area contributed by atoms with Crippen molar-refractivity contribution in [2.24, 2.45) is 10.7 Å². The lowest BCUT2D eigenvalue weighted by atomic mass is 10.3. The molecule has 0 unspecified atom stereocenters. The van der Waals surface area contributed by atoms with Gasteiger partial charge in [-0.2, -0.15) is 0 Å². The van der Waals surface area contributed by atoms with E-state index in [1.54, 1.807) is 0 Å². The Morgan fingerprint density at radius 1 is 1.25 bits per heavy atom. The van der Waals surface area contributed by atoms with E-state index in [4.69, 9.17) is 5.73 Å². The monoisotopic (exact) mass is 217 g/mol. The van der Waals surface area contributed by atoms with Gasteiger partial charge in [0.05, 0.1) is 6.04 Å². The van der Waals surface area contributed by atoms with Gasteiger partial charge in [-0.25, -0.2) is 4.99 Å². The number of hydrogen-bond acceptors (Lipinski definition) is 1. The first-order chi connectivity index (χ1) is 7.77. The zero-order chi connectivity index (χ0) is 11.4. The summed E-state index contributed by atoms with van der Waals surface area (Å²) in [6, 6.07) is 10.5. The summed E-state index contributed by atoms with van der Waals surface area (Å²) in [7, 11) is 1.96. The van der Waals surface area contributed by atoms with Crippen LogP contribution in [0.3, 0.4) is 0 Å². The van der Waals surface area contributed by atoms with Crippen LogP contribution in [-0.4, -0.2) is 19.0 Å². The third-order valence-corrected chi connectivity index (χ3v) is 3.13. The molecule has 16 heavy (non-hydrogen) atoms. The maximum absolute atomic E-state index is 6.00. The van der Waals surface area contributed by atoms with Crippen molar-refractivity contribution < 1.29 is 0 Å². The molecule has 3 nitrogen and oxygen atoms in total. The summed E-state index contributed by atoms with van der Waals surface area (Å²) in [6.45, 7) is 0. The minimum absolute atomic E-state index is 0.436. The second kappa shape index (κ2) is 5.01. The fourth-order valence-corrected chi connectivity index (χ4v) is 2.09. The SMILES string of the molecule is CN(C(N)=NC1CCCC1)c1ccccc1. The van der Waals surface area contributed by atoms with Crippen LogP contribution in [0.2, 0.25) is 0 Å². The largest absolute Gasteiger partial charge is 0.370 e. The Labute approximate surface area is 97.0 Å². The molecule has 0 heterocycles. The predicted octanol–water partition coefficient (Wildman–Crippen LogP) is 2.38. The van der Waals surface area contributed by atoms with Crippen LogP contribution in [0.25, 0.3) is 0 Å². The molecule has 2 rings (SSSR count). The smallest absolute Gasteiger partial charge is 0.195 e. The molecule has 0 atom stereocenters. The van der Waals surface area contributed by atoms with Crippen molar-refractivity contribution >= 4 is 11.6 Å². The van der Waals surface area contributed by atoms with Gasteiger partial charge in [0.2, 0.25) is 0 Å². The normalized spacial score (nSPS) is 17.7. The van der Waals surface area contributed by atoms with Gasteiger partial charge in [0.1, 0.15) is 0 Å². The second-order valence-electron chi connectivity index (χ2n) is 4.32. The van der Waals surface area contributed by atoms with Gasteiger partial charge < -0.3 is 10.6 Å². The molecule has 0 saturated heterocycles. The third kappa shape index (κ3) is 2.54. The Bertz CT molecular complexity index is 353. The van der Waals surface area contributed by atoms with Crippen molar-refractivity contribution in [2.75, 3.05) is 11.9 Å². The van der Waals surface area contributed by atoms with E-state index in [0.717, 1.165) is 5.69 Å². The van der Waals surface area contributed by atoms with Gasteiger partial charge in [-0.15, -0.1) is 0 Å². The summed E-state index contributed by atoms with van der Waals surface area (Å²) in [6.07, 6.45) is 4.94. The molecule has 1 aromatic carbocycles. The van der Waals surface area contributed by atoms with E-state index < -0.39 is 0 Å². The molecule has 0 aromatic heterocycles. The number of hydrogen-bond donors (Lipinski definition) is 1. The van der Waals surface area contributed by atoms with Crippen LogP contribution >= 0.6 is 0 Å². The zero-order valence-corrected chi connectivity index (χ0v) is 9.76. The average molecular weight is 217 g/mol. The minimum atomic E-state index is 0.436. The molecule has 0 bridgehead atoms. The number of aliphatic imine (C=N–C) groups is 1. The van der Waals surface area contributed by atoms with Crippen LogP contribution in [0.15, 0.2) is 35.3 Å². The number of nitrogens with two attached hydrogens (primary N) is 1. The van der Waals surface area contributed by atoms with Gasteiger partial charge in [0.25, 0.3) is 0 Å². The van der Waals surface area contributed by atoms with Crippen molar-refractivity contribution in [1.82, 2.24) is 0 Å². The summed E-state index contributed by atoms with van der Waals surface area (Å²) in [5.41, 5.74) is 7.09. The first-order valence-corrected chi connectivity index (χ1v) is 5.89. The van der Waals surface area contributed by atoms with E-state index in [-0.39, 0.29) is 0 Å². The Balaban J connectivity index is 2.06. The highest BCUT2D eigenvalue weighted by Crippen LogP contribution is 2.21. The summed E-state index contributed by atoms with van der Waals surface area (Å²) < 4.78 is 0. The zero-order valence-electron chi connectivity index (χ0n) is 9.76. The molecule has 1 saturated carbocycles. The Morgan fingerprint density at radius 2 is 1.88 bits per heavy atom. The maximum Gasteiger partial charge on any atom is 0.195 e. The van der Waals surface area contributed by atoms with Crippen LogP contribution in [0.5, 0.6) is 0 Å². The second-order valence-corrected chi connectivity index (χ2v) is 4.32. The number of benzene rings is 1. The first kappa shape index (κ1) is 11.0. The van der Waals surface area contributed by atoms with Crippen LogP contribution in [-0.2, 0) is 0 Å². The quantitative estimate of drug-likeness (QED) is 0.610. The molecule has 1 fully saturated rings. The van der Waals surface area contributed by atoms with Gasteiger partial charge >= 0.3 is 0 Å². The van der Waals surface area contributed by atoms with Crippen molar-refractivity contribution in [3.8, 4) is 0 Å². The van der Waals surface area contributed by atoms with E-state index in [1.807, 2.05) is 42.3 Å². The lowest BCUT2D eigenvalue weighted by molar-refractivity contribution is 0.703. The Morgan fingerprint density at radius 3 is 2.50 bits per heavy atom. The van der Waals surface area contributed by atoms with E-state index in [1.165, 1.54) is 25.7 Å². The molecule has 1 aromatic rings. The molecule has 0 aliphatic heterocycles. The number of rotatable bonds is 2. The van der Waals surface area contributed by atoms with E-state index in [0.29, 0.717) is 12.0 Å². The third-order valence-electron chi connectivity index (χ3n) is 3.13. The number of para-hydroxylation sites is 1. The summed E-state index contributed by atoms with van der Waals surface area (Å²) >= 11 is 0. The van der Waals surface area contributed by atoms with Crippen molar-refractivity contribution in [3.05, 3.63) is 30.3 Å². The highest BCUT2D eigenvalue weighted by Gasteiger charge is 2.15. The summed E-state index contributed by atoms with van der Waals surface area (Å²) in [4.78, 5) is 6.52. The van der Waals surface area contributed by atoms with Gasteiger partial charge in [0.15, 0.2) is 5.96 Å². The van der Waals surface area contributed by atoms with Crippen molar-refractivity contribution in [2.45, 2.75) is 31.7 Å². The topological polar surface area (TPSA) is 41.6 Å². The van der Waals surface area contributed by atoms with Crippen LogP contribution in [0.4, 0.5) is 5.69 Å². The lowest BCUT2D eigenvalue weighted by Gasteiger charge is -2.19. The average Bonchev–Trinajstić information content (AvgIpc) is 2.82. The fourth-order valence-electron chi connectivity index (χ4n) is 2.09. The van der Waals surface area contributed by atoms with Crippen LogP contribution in [0.1, 0.15) is 25.7 Å². The van der Waals surface area contributed by atoms with Crippen LogP contribution < -0.4 is 10.6 Å². The maximum atomic E-state index is 6.00.